The fourth-order valence-corrected chi connectivity index (χ4v) is 2.04. The van der Waals surface area contributed by atoms with Crippen molar-refractivity contribution < 1.29 is 0 Å². The average molecular weight is 262 g/mol. The lowest BCUT2D eigenvalue weighted by Gasteiger charge is -2.19. The molecule has 3 nitrogen and oxygen atoms in total. The third-order valence-corrected chi connectivity index (χ3v) is 3.03. The Hall–Kier alpha value is -1.58. The quantitative estimate of drug-likeness (QED) is 0.889. The molecule has 2 aromatic rings. The Labute approximate surface area is 112 Å². The van der Waals surface area contributed by atoms with Crippen LogP contribution in [-0.4, -0.2) is 11.5 Å². The monoisotopic (exact) mass is 261 g/mol. The predicted molar refractivity (Wildman–Crippen MR) is 75.8 cm³/mol. The molecule has 1 unspecified atom stereocenters. The molecule has 3 N–H and O–H groups in total. The van der Waals surface area contributed by atoms with Gasteiger partial charge in [0.05, 0.1) is 11.7 Å². The first kappa shape index (κ1) is 12.9. The lowest BCUT2D eigenvalue weighted by Crippen LogP contribution is -2.21. The molecule has 0 fully saturated rings. The van der Waals surface area contributed by atoms with Gasteiger partial charge >= 0.3 is 0 Å². The molecule has 94 valence electrons. The highest BCUT2D eigenvalue weighted by atomic mass is 35.5. The predicted octanol–water partition coefficient (Wildman–Crippen LogP) is 3.16. The van der Waals surface area contributed by atoms with E-state index in [2.05, 4.69) is 10.3 Å². The number of pyridine rings is 1. The van der Waals surface area contributed by atoms with Gasteiger partial charge < -0.3 is 11.1 Å². The highest BCUT2D eigenvalue weighted by Gasteiger charge is 2.11. The molecule has 0 aliphatic heterocycles. The van der Waals surface area contributed by atoms with Crippen LogP contribution in [0.5, 0.6) is 0 Å². The van der Waals surface area contributed by atoms with Crippen LogP contribution in [0.2, 0.25) is 5.02 Å². The molecule has 1 aromatic heterocycles. The van der Waals surface area contributed by atoms with Gasteiger partial charge in [-0.25, -0.2) is 0 Å². The summed E-state index contributed by atoms with van der Waals surface area (Å²) in [6.07, 6.45) is 1.77. The number of benzene rings is 1. The number of nitrogens with two attached hydrogens (primary N) is 1. The maximum Gasteiger partial charge on any atom is 0.0807 e. The fraction of sp³-hybridized carbons (Fsp3) is 0.214. The number of aryl methyl sites for hydroxylation is 1. The lowest BCUT2D eigenvalue weighted by atomic mass is 10.1. The average Bonchev–Trinajstić information content (AvgIpc) is 2.39. The highest BCUT2D eigenvalue weighted by molar-refractivity contribution is 6.30. The molecule has 1 atom stereocenters. The first-order valence-electron chi connectivity index (χ1n) is 5.84. The molecule has 0 aliphatic carbocycles. The minimum absolute atomic E-state index is 0.00563. The Kier molecular flexibility index (Phi) is 4.18. The highest BCUT2D eigenvalue weighted by Crippen LogP contribution is 2.23. The summed E-state index contributed by atoms with van der Waals surface area (Å²) in [5.41, 5.74) is 8.87. The SMILES string of the molecule is Cc1cc(Cl)ccc1NC(CN)c1ccccn1. The second-order valence-corrected chi connectivity index (χ2v) is 4.58. The molecule has 0 aliphatic rings. The van der Waals surface area contributed by atoms with Crippen molar-refractivity contribution in [2.75, 3.05) is 11.9 Å². The Morgan fingerprint density at radius 3 is 2.78 bits per heavy atom. The van der Waals surface area contributed by atoms with Crippen molar-refractivity contribution in [3.63, 3.8) is 0 Å². The van der Waals surface area contributed by atoms with Crippen LogP contribution >= 0.6 is 11.6 Å². The van der Waals surface area contributed by atoms with Crippen LogP contribution in [-0.2, 0) is 0 Å². The number of nitrogens with one attached hydrogen (secondary N) is 1. The zero-order valence-corrected chi connectivity index (χ0v) is 11.0. The van der Waals surface area contributed by atoms with E-state index in [0.717, 1.165) is 22.0 Å². The smallest absolute Gasteiger partial charge is 0.0807 e. The molecule has 0 spiro atoms. The number of hydrogen-bond donors (Lipinski definition) is 2. The maximum atomic E-state index is 5.94. The zero-order chi connectivity index (χ0) is 13.0. The molecule has 2 rings (SSSR count). The van der Waals surface area contributed by atoms with Gasteiger partial charge in [0.25, 0.3) is 0 Å². The normalized spacial score (nSPS) is 12.2. The summed E-state index contributed by atoms with van der Waals surface area (Å²) >= 11 is 5.94. The molecular formula is C14H16ClN3. The molecule has 0 bridgehead atoms. The number of halogens is 1. The van der Waals surface area contributed by atoms with Crippen molar-refractivity contribution in [1.29, 1.82) is 0 Å². The number of anilines is 1. The van der Waals surface area contributed by atoms with Crippen molar-refractivity contribution in [3.8, 4) is 0 Å². The first-order chi connectivity index (χ1) is 8.70. The number of rotatable bonds is 4. The number of hydrogen-bond acceptors (Lipinski definition) is 3. The van der Waals surface area contributed by atoms with Gasteiger partial charge in [-0.05, 0) is 42.8 Å². The largest absolute Gasteiger partial charge is 0.375 e. The van der Waals surface area contributed by atoms with Gasteiger partial charge in [0, 0.05) is 23.5 Å². The number of nitrogens with zero attached hydrogens (tertiary/aromatic N) is 1. The standard InChI is InChI=1S/C14H16ClN3/c1-10-8-11(15)5-6-12(10)18-14(9-16)13-4-2-3-7-17-13/h2-8,14,18H,9,16H2,1H3. The van der Waals surface area contributed by atoms with Gasteiger partial charge in [-0.15, -0.1) is 0 Å². The molecule has 18 heavy (non-hydrogen) atoms. The van der Waals surface area contributed by atoms with Crippen molar-refractivity contribution in [2.45, 2.75) is 13.0 Å². The van der Waals surface area contributed by atoms with Gasteiger partial charge in [0.2, 0.25) is 0 Å². The summed E-state index contributed by atoms with van der Waals surface area (Å²) in [6.45, 7) is 2.50. The molecule has 0 radical (unpaired) electrons. The summed E-state index contributed by atoms with van der Waals surface area (Å²) in [7, 11) is 0. The van der Waals surface area contributed by atoms with Crippen LogP contribution < -0.4 is 11.1 Å². The Bertz CT molecular complexity index is 514. The maximum absolute atomic E-state index is 5.94. The Balaban J connectivity index is 2.21. The van der Waals surface area contributed by atoms with Crippen LogP contribution in [0.4, 0.5) is 5.69 Å². The van der Waals surface area contributed by atoms with Crippen molar-refractivity contribution in [3.05, 3.63) is 58.9 Å². The van der Waals surface area contributed by atoms with E-state index in [1.165, 1.54) is 0 Å². The minimum atomic E-state index is 0.00563. The van der Waals surface area contributed by atoms with E-state index >= 15 is 0 Å². The summed E-state index contributed by atoms with van der Waals surface area (Å²) in [4.78, 5) is 4.32. The van der Waals surface area contributed by atoms with Crippen LogP contribution in [0, 0.1) is 6.92 Å². The van der Waals surface area contributed by atoms with Crippen LogP contribution in [0.15, 0.2) is 42.6 Å². The third kappa shape index (κ3) is 3.00. The molecule has 0 saturated carbocycles. The second-order valence-electron chi connectivity index (χ2n) is 4.15. The van der Waals surface area contributed by atoms with Gasteiger partial charge in [-0.2, -0.15) is 0 Å². The summed E-state index contributed by atoms with van der Waals surface area (Å²) in [6, 6.07) is 11.6. The zero-order valence-electron chi connectivity index (χ0n) is 10.2. The third-order valence-electron chi connectivity index (χ3n) is 2.80. The molecule has 0 saturated heterocycles. The van der Waals surface area contributed by atoms with Gasteiger partial charge in [0.15, 0.2) is 0 Å². The van der Waals surface area contributed by atoms with Gasteiger partial charge in [0.1, 0.15) is 0 Å². The molecule has 4 heteroatoms. The summed E-state index contributed by atoms with van der Waals surface area (Å²) in [5.74, 6) is 0. The van der Waals surface area contributed by atoms with Gasteiger partial charge in [-0.3, -0.25) is 4.98 Å². The Morgan fingerprint density at radius 2 is 2.17 bits per heavy atom. The number of aromatic nitrogens is 1. The van der Waals surface area contributed by atoms with E-state index in [0.29, 0.717) is 6.54 Å². The fourth-order valence-electron chi connectivity index (χ4n) is 1.81. The van der Waals surface area contributed by atoms with Gasteiger partial charge in [-0.1, -0.05) is 17.7 Å². The summed E-state index contributed by atoms with van der Waals surface area (Å²) in [5, 5.41) is 4.13. The lowest BCUT2D eigenvalue weighted by molar-refractivity contribution is 0.759. The molecule has 1 heterocycles. The molecular weight excluding hydrogens is 246 g/mol. The van der Waals surface area contributed by atoms with E-state index < -0.39 is 0 Å². The molecule has 1 aromatic carbocycles. The van der Waals surface area contributed by atoms with Crippen molar-refractivity contribution >= 4 is 17.3 Å². The van der Waals surface area contributed by atoms with Crippen LogP contribution in [0.25, 0.3) is 0 Å². The molecule has 0 amide bonds. The van der Waals surface area contributed by atoms with Crippen LogP contribution in [0.3, 0.4) is 0 Å². The minimum Gasteiger partial charge on any atom is -0.375 e. The topological polar surface area (TPSA) is 50.9 Å². The van der Waals surface area contributed by atoms with E-state index in [1.54, 1.807) is 6.20 Å². The van der Waals surface area contributed by atoms with E-state index in [1.807, 2.05) is 43.3 Å². The van der Waals surface area contributed by atoms with Crippen molar-refractivity contribution in [2.24, 2.45) is 5.73 Å². The van der Waals surface area contributed by atoms with E-state index in [9.17, 15) is 0 Å². The van der Waals surface area contributed by atoms with E-state index in [-0.39, 0.29) is 6.04 Å². The first-order valence-corrected chi connectivity index (χ1v) is 6.22. The second kappa shape index (κ2) is 5.85. The Morgan fingerprint density at radius 1 is 1.33 bits per heavy atom. The van der Waals surface area contributed by atoms with Crippen molar-refractivity contribution in [1.82, 2.24) is 4.98 Å². The summed E-state index contributed by atoms with van der Waals surface area (Å²) < 4.78 is 0. The van der Waals surface area contributed by atoms with Crippen LogP contribution in [0.1, 0.15) is 17.3 Å². The van der Waals surface area contributed by atoms with E-state index in [4.69, 9.17) is 17.3 Å².